The molecule has 0 spiro atoms. The van der Waals surface area contributed by atoms with Crippen LogP contribution < -0.4 is 5.32 Å². The van der Waals surface area contributed by atoms with Crippen LogP contribution in [0.15, 0.2) is 18.2 Å². The van der Waals surface area contributed by atoms with Crippen LogP contribution in [0.25, 0.3) is 11.4 Å². The molecule has 0 fully saturated rings. The molecule has 0 aliphatic heterocycles. The van der Waals surface area contributed by atoms with Gasteiger partial charge in [-0.3, -0.25) is 4.57 Å². The zero-order valence-electron chi connectivity index (χ0n) is 8.97. The summed E-state index contributed by atoms with van der Waals surface area (Å²) in [6.07, 6.45) is 0. The SMILES string of the molecule is CNc1nnc(-c2c(O)cccc2O)n1C. The number of hydrogen-bond donors (Lipinski definition) is 3. The molecule has 0 bridgehead atoms. The Hall–Kier alpha value is -2.24. The number of rotatable bonds is 2. The summed E-state index contributed by atoms with van der Waals surface area (Å²) in [5.41, 5.74) is 0.277. The highest BCUT2D eigenvalue weighted by atomic mass is 16.3. The minimum atomic E-state index is -0.0295. The van der Waals surface area contributed by atoms with Gasteiger partial charge in [-0.1, -0.05) is 6.07 Å². The van der Waals surface area contributed by atoms with Gasteiger partial charge in [-0.2, -0.15) is 0 Å². The zero-order chi connectivity index (χ0) is 11.7. The predicted octanol–water partition coefficient (Wildman–Crippen LogP) is 0.935. The first-order valence-electron chi connectivity index (χ1n) is 4.73. The Morgan fingerprint density at radius 2 is 1.81 bits per heavy atom. The monoisotopic (exact) mass is 220 g/mol. The molecule has 0 saturated heterocycles. The maximum absolute atomic E-state index is 9.69. The molecule has 0 aliphatic rings. The van der Waals surface area contributed by atoms with Crippen molar-refractivity contribution in [2.45, 2.75) is 0 Å². The molecule has 84 valence electrons. The Morgan fingerprint density at radius 3 is 2.31 bits per heavy atom. The van der Waals surface area contributed by atoms with Crippen LogP contribution in [0, 0.1) is 0 Å². The third kappa shape index (κ3) is 1.44. The van der Waals surface area contributed by atoms with E-state index < -0.39 is 0 Å². The molecule has 0 unspecified atom stereocenters. The number of benzene rings is 1. The van der Waals surface area contributed by atoms with E-state index in [1.54, 1.807) is 24.7 Å². The standard InChI is InChI=1S/C10H12N4O2/c1-11-10-13-12-9(14(10)2)8-6(15)4-3-5-7(8)16/h3-5,15-16H,1-2H3,(H,11,13). The summed E-state index contributed by atoms with van der Waals surface area (Å²) < 4.78 is 1.65. The lowest BCUT2D eigenvalue weighted by Crippen LogP contribution is -1.99. The van der Waals surface area contributed by atoms with E-state index in [0.717, 1.165) is 0 Å². The van der Waals surface area contributed by atoms with Gasteiger partial charge < -0.3 is 15.5 Å². The van der Waals surface area contributed by atoms with Crippen molar-refractivity contribution in [3.05, 3.63) is 18.2 Å². The van der Waals surface area contributed by atoms with E-state index in [-0.39, 0.29) is 17.1 Å². The van der Waals surface area contributed by atoms with Gasteiger partial charge in [-0.15, -0.1) is 10.2 Å². The normalized spacial score (nSPS) is 10.4. The molecule has 0 aliphatic carbocycles. The van der Waals surface area contributed by atoms with E-state index in [9.17, 15) is 10.2 Å². The molecule has 1 aromatic heterocycles. The highest BCUT2D eigenvalue weighted by Crippen LogP contribution is 2.35. The second-order valence-electron chi connectivity index (χ2n) is 3.33. The first-order chi connectivity index (χ1) is 7.65. The average Bonchev–Trinajstić information content (AvgIpc) is 2.60. The highest BCUT2D eigenvalue weighted by molar-refractivity contribution is 5.71. The van der Waals surface area contributed by atoms with Gasteiger partial charge in [0.25, 0.3) is 0 Å². The Balaban J connectivity index is 2.63. The molecule has 1 heterocycles. The smallest absolute Gasteiger partial charge is 0.224 e. The van der Waals surface area contributed by atoms with Gasteiger partial charge in [-0.05, 0) is 12.1 Å². The number of hydrogen-bond acceptors (Lipinski definition) is 5. The lowest BCUT2D eigenvalue weighted by molar-refractivity contribution is 0.453. The minimum absolute atomic E-state index is 0.0295. The summed E-state index contributed by atoms with van der Waals surface area (Å²) in [5.74, 6) is 0.897. The number of aromatic hydroxyl groups is 2. The van der Waals surface area contributed by atoms with Gasteiger partial charge in [0.15, 0.2) is 5.82 Å². The molecular formula is C10H12N4O2. The molecular weight excluding hydrogens is 208 g/mol. The topological polar surface area (TPSA) is 83.2 Å². The summed E-state index contributed by atoms with van der Waals surface area (Å²) in [7, 11) is 3.46. The van der Waals surface area contributed by atoms with Crippen molar-refractivity contribution in [3.8, 4) is 22.9 Å². The van der Waals surface area contributed by atoms with Gasteiger partial charge in [0.1, 0.15) is 17.1 Å². The number of nitrogens with zero attached hydrogens (tertiary/aromatic N) is 3. The number of aromatic nitrogens is 3. The van der Waals surface area contributed by atoms with Crippen molar-refractivity contribution in [1.82, 2.24) is 14.8 Å². The van der Waals surface area contributed by atoms with Gasteiger partial charge in [0.05, 0.1) is 0 Å². The van der Waals surface area contributed by atoms with Crippen molar-refractivity contribution >= 4 is 5.95 Å². The molecule has 16 heavy (non-hydrogen) atoms. The number of nitrogens with one attached hydrogen (secondary N) is 1. The summed E-state index contributed by atoms with van der Waals surface area (Å²) in [6, 6.07) is 4.54. The molecule has 0 radical (unpaired) electrons. The molecule has 0 saturated carbocycles. The van der Waals surface area contributed by atoms with Gasteiger partial charge >= 0.3 is 0 Å². The van der Waals surface area contributed by atoms with Crippen LogP contribution in [0.5, 0.6) is 11.5 Å². The van der Waals surface area contributed by atoms with E-state index in [1.807, 2.05) is 0 Å². The van der Waals surface area contributed by atoms with Crippen molar-refractivity contribution in [2.75, 3.05) is 12.4 Å². The van der Waals surface area contributed by atoms with Crippen LogP contribution in [0.1, 0.15) is 0 Å². The van der Waals surface area contributed by atoms with Crippen molar-refractivity contribution < 1.29 is 10.2 Å². The number of anilines is 1. The second kappa shape index (κ2) is 3.73. The Morgan fingerprint density at radius 1 is 1.19 bits per heavy atom. The Labute approximate surface area is 92.2 Å². The Bertz CT molecular complexity index is 501. The van der Waals surface area contributed by atoms with Crippen molar-refractivity contribution in [3.63, 3.8) is 0 Å². The maximum Gasteiger partial charge on any atom is 0.224 e. The molecule has 6 nitrogen and oxygen atoms in total. The molecule has 3 N–H and O–H groups in total. The third-order valence-electron chi connectivity index (χ3n) is 2.34. The van der Waals surface area contributed by atoms with Crippen molar-refractivity contribution in [2.24, 2.45) is 7.05 Å². The fourth-order valence-corrected chi connectivity index (χ4v) is 1.52. The van der Waals surface area contributed by atoms with E-state index in [1.165, 1.54) is 12.1 Å². The average molecular weight is 220 g/mol. The summed E-state index contributed by atoms with van der Waals surface area (Å²) in [4.78, 5) is 0. The van der Waals surface area contributed by atoms with Crippen LogP contribution in [0.4, 0.5) is 5.95 Å². The highest BCUT2D eigenvalue weighted by Gasteiger charge is 2.16. The summed E-state index contributed by atoms with van der Waals surface area (Å²) in [6.45, 7) is 0. The van der Waals surface area contributed by atoms with Crippen LogP contribution in [0.2, 0.25) is 0 Å². The molecule has 2 aromatic rings. The molecule has 0 amide bonds. The minimum Gasteiger partial charge on any atom is -0.507 e. The molecule has 1 aromatic carbocycles. The van der Waals surface area contributed by atoms with Gasteiger partial charge in [0, 0.05) is 14.1 Å². The van der Waals surface area contributed by atoms with Crippen LogP contribution >= 0.6 is 0 Å². The Kier molecular flexibility index (Phi) is 2.40. The predicted molar refractivity (Wildman–Crippen MR) is 59.3 cm³/mol. The van der Waals surface area contributed by atoms with E-state index in [4.69, 9.17) is 0 Å². The van der Waals surface area contributed by atoms with E-state index in [0.29, 0.717) is 11.8 Å². The maximum atomic E-state index is 9.69. The van der Waals surface area contributed by atoms with Gasteiger partial charge in [0.2, 0.25) is 5.95 Å². The second-order valence-corrected chi connectivity index (χ2v) is 3.33. The van der Waals surface area contributed by atoms with Crippen LogP contribution in [0.3, 0.4) is 0 Å². The van der Waals surface area contributed by atoms with E-state index >= 15 is 0 Å². The zero-order valence-corrected chi connectivity index (χ0v) is 8.97. The fourth-order valence-electron chi connectivity index (χ4n) is 1.52. The largest absolute Gasteiger partial charge is 0.507 e. The quantitative estimate of drug-likeness (QED) is 0.701. The fraction of sp³-hybridized carbons (Fsp3) is 0.200. The van der Waals surface area contributed by atoms with E-state index in [2.05, 4.69) is 15.5 Å². The van der Waals surface area contributed by atoms with Crippen LogP contribution in [-0.2, 0) is 7.05 Å². The molecule has 0 atom stereocenters. The van der Waals surface area contributed by atoms with Crippen molar-refractivity contribution in [1.29, 1.82) is 0 Å². The van der Waals surface area contributed by atoms with Gasteiger partial charge in [-0.25, -0.2) is 0 Å². The van der Waals surface area contributed by atoms with Crippen LogP contribution in [-0.4, -0.2) is 32.0 Å². The number of phenols is 2. The first kappa shape index (κ1) is 10.3. The summed E-state index contributed by atoms with van der Waals surface area (Å²) >= 11 is 0. The third-order valence-corrected chi connectivity index (χ3v) is 2.34. The number of phenolic OH excluding ortho intramolecular Hbond substituents is 2. The lowest BCUT2D eigenvalue weighted by atomic mass is 10.1. The summed E-state index contributed by atoms with van der Waals surface area (Å²) in [5, 5.41) is 30.0. The molecule has 6 heteroatoms. The first-order valence-corrected chi connectivity index (χ1v) is 4.73. The molecule has 2 rings (SSSR count). The lowest BCUT2D eigenvalue weighted by Gasteiger charge is -2.06.